The Morgan fingerprint density at radius 3 is 2.55 bits per heavy atom. The van der Waals surface area contributed by atoms with Gasteiger partial charge >= 0.3 is 11.7 Å². The van der Waals surface area contributed by atoms with Crippen LogP contribution in [0.3, 0.4) is 0 Å². The van der Waals surface area contributed by atoms with E-state index < -0.39 is 23.1 Å². The number of benzene rings is 1. The highest BCUT2D eigenvalue weighted by molar-refractivity contribution is 5.84. The fraction of sp³-hybridized carbons (Fsp3) is 0.450. The van der Waals surface area contributed by atoms with Crippen LogP contribution in [0.5, 0.6) is 0 Å². The van der Waals surface area contributed by atoms with Gasteiger partial charge in [0.25, 0.3) is 5.56 Å². The Morgan fingerprint density at radius 1 is 1.17 bits per heavy atom. The summed E-state index contributed by atoms with van der Waals surface area (Å²) in [5, 5.41) is 9.22. The number of hydrogen-bond acceptors (Lipinski definition) is 6. The van der Waals surface area contributed by atoms with E-state index in [1.807, 2.05) is 30.9 Å². The molecule has 0 aliphatic carbocycles. The monoisotopic (exact) mass is 397 g/mol. The molecule has 0 saturated carbocycles. The lowest BCUT2D eigenvalue weighted by molar-refractivity contribution is -0.143. The molecule has 3 aromatic rings. The lowest BCUT2D eigenvalue weighted by Crippen LogP contribution is -2.43. The third-order valence-corrected chi connectivity index (χ3v) is 5.69. The van der Waals surface area contributed by atoms with Crippen molar-refractivity contribution < 1.29 is 9.90 Å². The Labute approximate surface area is 166 Å². The fourth-order valence-electron chi connectivity index (χ4n) is 3.84. The van der Waals surface area contributed by atoms with Gasteiger partial charge in [0, 0.05) is 19.6 Å². The largest absolute Gasteiger partial charge is 0.481 e. The van der Waals surface area contributed by atoms with Crippen LogP contribution in [0.25, 0.3) is 22.2 Å². The number of H-pyrrole nitrogens is 1. The van der Waals surface area contributed by atoms with E-state index in [-0.39, 0.29) is 17.7 Å². The minimum absolute atomic E-state index is 0.127. The molecule has 1 aliphatic heterocycles. The third-order valence-electron chi connectivity index (χ3n) is 5.69. The van der Waals surface area contributed by atoms with Gasteiger partial charge in [-0.3, -0.25) is 19.1 Å². The molecule has 0 radical (unpaired) electrons. The van der Waals surface area contributed by atoms with Gasteiger partial charge in [-0.15, -0.1) is 0 Å². The summed E-state index contributed by atoms with van der Waals surface area (Å²) in [6.07, 6.45) is 1.44. The normalized spacial score (nSPS) is 17.8. The van der Waals surface area contributed by atoms with Crippen molar-refractivity contribution in [2.24, 2.45) is 5.92 Å². The summed E-state index contributed by atoms with van der Waals surface area (Å²) in [5.74, 6) is -1.21. The zero-order valence-electron chi connectivity index (χ0n) is 16.4. The number of piperidine rings is 1. The summed E-state index contributed by atoms with van der Waals surface area (Å²) in [7, 11) is 0. The van der Waals surface area contributed by atoms with Crippen LogP contribution in [0, 0.1) is 19.8 Å². The van der Waals surface area contributed by atoms with Gasteiger partial charge in [-0.25, -0.2) is 14.8 Å². The van der Waals surface area contributed by atoms with Crippen molar-refractivity contribution in [2.75, 3.05) is 19.6 Å². The Morgan fingerprint density at radius 2 is 1.86 bits per heavy atom. The quantitative estimate of drug-likeness (QED) is 0.631. The van der Waals surface area contributed by atoms with Gasteiger partial charge in [-0.2, -0.15) is 0 Å². The minimum atomic E-state index is -0.803. The van der Waals surface area contributed by atoms with Crippen molar-refractivity contribution in [3.8, 4) is 0 Å². The highest BCUT2D eigenvalue weighted by Crippen LogP contribution is 2.18. The number of nitrogens with zero attached hydrogens (tertiary/aromatic N) is 4. The van der Waals surface area contributed by atoms with Crippen LogP contribution < -0.4 is 11.2 Å². The summed E-state index contributed by atoms with van der Waals surface area (Å²) in [6.45, 7) is 5.72. The first-order valence-corrected chi connectivity index (χ1v) is 9.70. The van der Waals surface area contributed by atoms with Crippen molar-refractivity contribution in [1.82, 2.24) is 24.4 Å². The van der Waals surface area contributed by atoms with E-state index in [4.69, 9.17) is 0 Å². The fourth-order valence-corrected chi connectivity index (χ4v) is 3.84. The Bertz CT molecular complexity index is 1230. The molecule has 9 heteroatoms. The number of carbonyl (C=O) groups is 1. The van der Waals surface area contributed by atoms with Crippen LogP contribution in [0.1, 0.15) is 24.0 Å². The minimum Gasteiger partial charge on any atom is -0.481 e. The van der Waals surface area contributed by atoms with E-state index in [1.54, 1.807) is 0 Å². The van der Waals surface area contributed by atoms with Gasteiger partial charge in [-0.1, -0.05) is 0 Å². The highest BCUT2D eigenvalue weighted by Gasteiger charge is 2.25. The van der Waals surface area contributed by atoms with Gasteiger partial charge in [-0.05, 0) is 56.5 Å². The molecule has 1 fully saturated rings. The summed E-state index contributed by atoms with van der Waals surface area (Å²) in [4.78, 5) is 50.1. The number of fused-ring (bicyclic) bond motifs is 2. The average molecular weight is 397 g/mol. The maximum Gasteiger partial charge on any atom is 0.330 e. The molecule has 2 N–H and O–H groups in total. The summed E-state index contributed by atoms with van der Waals surface area (Å²) >= 11 is 0. The number of aryl methyl sites for hydroxylation is 2. The second-order valence-electron chi connectivity index (χ2n) is 7.71. The van der Waals surface area contributed by atoms with Gasteiger partial charge < -0.3 is 10.0 Å². The predicted octanol–water partition coefficient (Wildman–Crippen LogP) is 1.05. The van der Waals surface area contributed by atoms with Crippen molar-refractivity contribution >= 4 is 28.2 Å². The molecule has 1 atom stereocenters. The van der Waals surface area contributed by atoms with E-state index in [0.29, 0.717) is 30.5 Å². The van der Waals surface area contributed by atoms with Gasteiger partial charge in [0.2, 0.25) is 0 Å². The standard InChI is InChI=1S/C20H23N5O4/c1-11-8-14-15(9-12(11)2)22-17-16(21-14)18(26)25(20(29)23-17)7-6-24-5-3-4-13(10-24)19(27)28/h8-9,13H,3-7,10H2,1-2H3,(H,27,28)(H,22,23,29). The zero-order valence-corrected chi connectivity index (χ0v) is 16.4. The van der Waals surface area contributed by atoms with Crippen LogP contribution in [-0.2, 0) is 11.3 Å². The predicted molar refractivity (Wildman–Crippen MR) is 108 cm³/mol. The molecular weight excluding hydrogens is 374 g/mol. The number of aromatic amines is 1. The molecule has 0 amide bonds. The summed E-state index contributed by atoms with van der Waals surface area (Å²) in [6, 6.07) is 3.77. The van der Waals surface area contributed by atoms with Crippen LogP contribution in [-0.4, -0.2) is 55.1 Å². The van der Waals surface area contributed by atoms with Crippen LogP contribution >= 0.6 is 0 Å². The first-order chi connectivity index (χ1) is 13.8. The second kappa shape index (κ2) is 7.40. The number of nitrogens with one attached hydrogen (secondary N) is 1. The number of aromatic nitrogens is 4. The molecule has 0 spiro atoms. The first-order valence-electron chi connectivity index (χ1n) is 9.70. The van der Waals surface area contributed by atoms with E-state index in [1.165, 1.54) is 0 Å². The van der Waals surface area contributed by atoms with E-state index in [0.717, 1.165) is 28.7 Å². The molecular formula is C20H23N5O4. The molecule has 9 nitrogen and oxygen atoms in total. The number of aliphatic carboxylic acids is 1. The van der Waals surface area contributed by atoms with Crippen molar-refractivity contribution in [3.05, 3.63) is 44.1 Å². The van der Waals surface area contributed by atoms with Gasteiger partial charge in [0.05, 0.1) is 17.0 Å². The highest BCUT2D eigenvalue weighted by atomic mass is 16.4. The van der Waals surface area contributed by atoms with E-state index in [2.05, 4.69) is 15.0 Å². The van der Waals surface area contributed by atoms with Crippen molar-refractivity contribution in [2.45, 2.75) is 33.2 Å². The number of carboxylic acid groups (broad SMARTS) is 1. The Balaban J connectivity index is 1.67. The molecule has 3 heterocycles. The van der Waals surface area contributed by atoms with E-state index in [9.17, 15) is 19.5 Å². The number of hydrogen-bond donors (Lipinski definition) is 2. The lowest BCUT2D eigenvalue weighted by atomic mass is 9.98. The third kappa shape index (κ3) is 3.65. The second-order valence-corrected chi connectivity index (χ2v) is 7.71. The maximum absolute atomic E-state index is 12.9. The Hall–Kier alpha value is -3.07. The van der Waals surface area contributed by atoms with Crippen LogP contribution in [0.2, 0.25) is 0 Å². The van der Waals surface area contributed by atoms with Crippen LogP contribution in [0.4, 0.5) is 0 Å². The molecule has 29 heavy (non-hydrogen) atoms. The average Bonchev–Trinajstić information content (AvgIpc) is 2.68. The molecule has 1 saturated heterocycles. The lowest BCUT2D eigenvalue weighted by Gasteiger charge is -2.30. The maximum atomic E-state index is 12.9. The SMILES string of the molecule is Cc1cc2nc3[nH]c(=O)n(CCN4CCCC(C(=O)O)C4)c(=O)c3nc2cc1C. The summed E-state index contributed by atoms with van der Waals surface area (Å²) < 4.78 is 1.12. The topological polar surface area (TPSA) is 121 Å². The number of rotatable bonds is 4. The molecule has 152 valence electrons. The first kappa shape index (κ1) is 19.3. The van der Waals surface area contributed by atoms with Crippen LogP contribution in [0.15, 0.2) is 21.7 Å². The molecule has 1 unspecified atom stereocenters. The molecule has 1 aliphatic rings. The number of likely N-dealkylation sites (tertiary alicyclic amines) is 1. The smallest absolute Gasteiger partial charge is 0.330 e. The molecule has 2 aromatic heterocycles. The Kier molecular flexibility index (Phi) is 4.91. The van der Waals surface area contributed by atoms with Crippen molar-refractivity contribution in [1.29, 1.82) is 0 Å². The zero-order chi connectivity index (χ0) is 20.7. The molecule has 1 aromatic carbocycles. The summed E-state index contributed by atoms with van der Waals surface area (Å²) in [5.41, 5.74) is 2.63. The van der Waals surface area contributed by atoms with E-state index >= 15 is 0 Å². The number of carboxylic acids is 1. The molecule has 0 bridgehead atoms. The molecule has 4 rings (SSSR count). The van der Waals surface area contributed by atoms with Gasteiger partial charge in [0.15, 0.2) is 11.2 Å². The van der Waals surface area contributed by atoms with Gasteiger partial charge in [0.1, 0.15) is 0 Å². The van der Waals surface area contributed by atoms with Crippen molar-refractivity contribution in [3.63, 3.8) is 0 Å².